The molecule has 0 saturated heterocycles. The molecule has 9 atom stereocenters. The Morgan fingerprint density at radius 2 is 1.79 bits per heavy atom. The molecule has 5 unspecified atom stereocenters. The molecule has 4 aliphatic rings. The summed E-state index contributed by atoms with van der Waals surface area (Å²) in [6.07, 6.45) is 8.81. The van der Waals surface area contributed by atoms with Crippen LogP contribution in [0.5, 0.6) is 0 Å². The lowest BCUT2D eigenvalue weighted by Crippen LogP contribution is -2.57. The van der Waals surface area contributed by atoms with Crippen LogP contribution in [0.15, 0.2) is 0 Å². The first-order valence-electron chi connectivity index (χ1n) is 11.6. The van der Waals surface area contributed by atoms with Crippen molar-refractivity contribution in [3.05, 3.63) is 0 Å². The van der Waals surface area contributed by atoms with Crippen molar-refractivity contribution in [2.45, 2.75) is 91.1 Å². The van der Waals surface area contributed by atoms with E-state index in [1.54, 1.807) is 0 Å². The highest BCUT2D eigenvalue weighted by Crippen LogP contribution is 2.67. The zero-order valence-electron chi connectivity index (χ0n) is 17.8. The van der Waals surface area contributed by atoms with Crippen molar-refractivity contribution in [1.82, 2.24) is 0 Å². The molecule has 0 heterocycles. The monoisotopic (exact) mass is 390 g/mol. The van der Waals surface area contributed by atoms with Gasteiger partial charge >= 0.3 is 5.97 Å². The van der Waals surface area contributed by atoms with Gasteiger partial charge in [0.1, 0.15) is 5.78 Å². The van der Waals surface area contributed by atoms with Crippen LogP contribution in [-0.2, 0) is 9.59 Å². The Morgan fingerprint density at radius 3 is 2.50 bits per heavy atom. The van der Waals surface area contributed by atoms with E-state index in [9.17, 15) is 14.7 Å². The first-order valence-corrected chi connectivity index (χ1v) is 11.6. The van der Waals surface area contributed by atoms with Gasteiger partial charge in [0.25, 0.3) is 0 Å². The maximum Gasteiger partial charge on any atom is 0.303 e. The molecule has 0 aromatic carbocycles. The summed E-state index contributed by atoms with van der Waals surface area (Å²) in [4.78, 5) is 24.4. The minimum Gasteiger partial charge on any atom is -0.481 e. The summed E-state index contributed by atoms with van der Waals surface area (Å²) in [5, 5.41) is 19.3. The summed E-state index contributed by atoms with van der Waals surface area (Å²) < 4.78 is 0. The Labute approximate surface area is 169 Å². The van der Waals surface area contributed by atoms with Crippen LogP contribution < -0.4 is 0 Å². The molecule has 0 spiro atoms. The van der Waals surface area contributed by atoms with Gasteiger partial charge < -0.3 is 10.2 Å². The van der Waals surface area contributed by atoms with Gasteiger partial charge in [0.05, 0.1) is 6.10 Å². The van der Waals surface area contributed by atoms with Crippen molar-refractivity contribution < 1.29 is 19.8 Å². The smallest absolute Gasteiger partial charge is 0.303 e. The van der Waals surface area contributed by atoms with E-state index in [-0.39, 0.29) is 29.3 Å². The van der Waals surface area contributed by atoms with Crippen molar-refractivity contribution in [2.75, 3.05) is 0 Å². The minimum absolute atomic E-state index is 0.187. The maximum absolute atomic E-state index is 13.3. The summed E-state index contributed by atoms with van der Waals surface area (Å²) in [6, 6.07) is 0. The van der Waals surface area contributed by atoms with E-state index in [1.807, 2.05) is 0 Å². The Kier molecular flexibility index (Phi) is 5.17. The minimum atomic E-state index is -0.698. The van der Waals surface area contributed by atoms with E-state index in [4.69, 9.17) is 5.11 Å². The Hall–Kier alpha value is -0.900. The quantitative estimate of drug-likeness (QED) is 0.730. The Balaban J connectivity index is 1.56. The fraction of sp³-hybridized carbons (Fsp3) is 0.917. The zero-order chi connectivity index (χ0) is 20.3. The third-order valence-corrected chi connectivity index (χ3v) is 10.0. The number of carboxylic acid groups (broad SMARTS) is 1. The fourth-order valence-electron chi connectivity index (χ4n) is 8.44. The molecule has 4 nitrogen and oxygen atoms in total. The third-order valence-electron chi connectivity index (χ3n) is 10.0. The number of ketones is 1. The number of Topliss-reactive ketones (excluding diaryl/α,β-unsaturated/α-hetero) is 1. The van der Waals surface area contributed by atoms with Gasteiger partial charge in [-0.05, 0) is 91.8 Å². The average molecular weight is 391 g/mol. The summed E-state index contributed by atoms with van der Waals surface area (Å²) >= 11 is 0. The second-order valence-corrected chi connectivity index (χ2v) is 11.2. The van der Waals surface area contributed by atoms with Crippen LogP contribution in [0.25, 0.3) is 0 Å². The van der Waals surface area contributed by atoms with Crippen molar-refractivity contribution in [2.24, 2.45) is 46.3 Å². The normalized spacial score (nSPS) is 49.1. The van der Waals surface area contributed by atoms with Crippen LogP contribution in [0.2, 0.25) is 0 Å². The molecule has 0 amide bonds. The summed E-state index contributed by atoms with van der Waals surface area (Å²) in [6.45, 7) is 7.06. The molecular formula is C24H38O4. The molecule has 4 heteroatoms. The molecule has 0 bridgehead atoms. The van der Waals surface area contributed by atoms with Gasteiger partial charge in [0.2, 0.25) is 0 Å². The van der Waals surface area contributed by atoms with E-state index >= 15 is 0 Å². The van der Waals surface area contributed by atoms with Gasteiger partial charge in [-0.3, -0.25) is 9.59 Å². The van der Waals surface area contributed by atoms with Crippen LogP contribution in [0.1, 0.15) is 85.0 Å². The van der Waals surface area contributed by atoms with Crippen LogP contribution in [0, 0.1) is 46.3 Å². The SMILES string of the molecule is C[C@H](CCC(=O)O)C1CCC2C3C(=O)CC4C[C@@H](O)CC[C@]4(C)C3CC[C@@]21C. The second-order valence-electron chi connectivity index (χ2n) is 11.2. The molecule has 0 aromatic heterocycles. The summed E-state index contributed by atoms with van der Waals surface area (Å²) in [5.74, 6) is 2.25. The number of aliphatic hydroxyl groups is 1. The van der Waals surface area contributed by atoms with E-state index in [0.717, 1.165) is 44.9 Å². The lowest BCUT2D eigenvalue weighted by molar-refractivity contribution is -0.160. The molecule has 4 fully saturated rings. The van der Waals surface area contributed by atoms with Gasteiger partial charge in [-0.2, -0.15) is 0 Å². The number of carboxylic acids is 1. The standard InChI is InChI=1S/C24H38O4/c1-14(4-7-21(27)28)17-5-6-18-22-19(9-11-24(17,18)3)23(2)10-8-16(25)12-15(23)13-20(22)26/h14-19,22,25H,4-13H2,1-3H3,(H,27,28)/t14-,15?,16+,17?,18?,19?,22?,23+,24-/m1/s1. The van der Waals surface area contributed by atoms with Gasteiger partial charge in [0, 0.05) is 18.8 Å². The highest BCUT2D eigenvalue weighted by atomic mass is 16.4. The van der Waals surface area contributed by atoms with Crippen molar-refractivity contribution in [3.8, 4) is 0 Å². The van der Waals surface area contributed by atoms with E-state index < -0.39 is 5.97 Å². The Bertz CT molecular complexity index is 645. The van der Waals surface area contributed by atoms with Crippen molar-refractivity contribution >= 4 is 11.8 Å². The molecule has 0 aliphatic heterocycles. The molecule has 4 aliphatic carbocycles. The molecular weight excluding hydrogens is 352 g/mol. The molecule has 0 aromatic rings. The lowest BCUT2D eigenvalue weighted by atomic mass is 9.44. The van der Waals surface area contributed by atoms with Gasteiger partial charge in [-0.1, -0.05) is 20.8 Å². The highest BCUT2D eigenvalue weighted by Gasteiger charge is 2.62. The molecule has 0 radical (unpaired) electrons. The van der Waals surface area contributed by atoms with Gasteiger partial charge in [-0.25, -0.2) is 0 Å². The van der Waals surface area contributed by atoms with Crippen LogP contribution >= 0.6 is 0 Å². The number of aliphatic carboxylic acids is 1. The van der Waals surface area contributed by atoms with E-state index in [1.165, 1.54) is 6.42 Å². The van der Waals surface area contributed by atoms with Crippen LogP contribution in [0.4, 0.5) is 0 Å². The number of fused-ring (bicyclic) bond motifs is 5. The van der Waals surface area contributed by atoms with Crippen molar-refractivity contribution in [3.63, 3.8) is 0 Å². The first kappa shape index (κ1) is 20.4. The second kappa shape index (κ2) is 7.11. The molecule has 2 N–H and O–H groups in total. The Morgan fingerprint density at radius 1 is 1.11 bits per heavy atom. The predicted octanol–water partition coefficient (Wildman–Crippen LogP) is 4.69. The predicted molar refractivity (Wildman–Crippen MR) is 108 cm³/mol. The van der Waals surface area contributed by atoms with E-state index in [0.29, 0.717) is 41.8 Å². The van der Waals surface area contributed by atoms with Crippen molar-refractivity contribution in [1.29, 1.82) is 0 Å². The molecule has 4 saturated carbocycles. The number of aliphatic hydroxyl groups excluding tert-OH is 1. The molecule has 28 heavy (non-hydrogen) atoms. The molecule has 4 rings (SSSR count). The lowest BCUT2D eigenvalue weighted by Gasteiger charge is -2.60. The average Bonchev–Trinajstić information content (AvgIpc) is 2.98. The summed E-state index contributed by atoms with van der Waals surface area (Å²) in [5.41, 5.74) is 0.401. The topological polar surface area (TPSA) is 74.6 Å². The van der Waals surface area contributed by atoms with Gasteiger partial charge in [-0.15, -0.1) is 0 Å². The van der Waals surface area contributed by atoms with Gasteiger partial charge in [0.15, 0.2) is 0 Å². The maximum atomic E-state index is 13.3. The largest absolute Gasteiger partial charge is 0.481 e. The highest BCUT2D eigenvalue weighted by molar-refractivity contribution is 5.83. The third kappa shape index (κ3) is 3.05. The van der Waals surface area contributed by atoms with Crippen LogP contribution in [0.3, 0.4) is 0 Å². The fourth-order valence-corrected chi connectivity index (χ4v) is 8.44. The summed E-state index contributed by atoms with van der Waals surface area (Å²) in [7, 11) is 0. The first-order chi connectivity index (χ1) is 13.2. The number of hydrogen-bond donors (Lipinski definition) is 2. The number of rotatable bonds is 4. The number of carbonyl (C=O) groups excluding carboxylic acids is 1. The van der Waals surface area contributed by atoms with Crippen LogP contribution in [-0.4, -0.2) is 28.1 Å². The number of carbonyl (C=O) groups is 2. The number of hydrogen-bond acceptors (Lipinski definition) is 3. The zero-order valence-corrected chi connectivity index (χ0v) is 17.8. The van der Waals surface area contributed by atoms with E-state index in [2.05, 4.69) is 20.8 Å². The molecule has 158 valence electrons.